The summed E-state index contributed by atoms with van der Waals surface area (Å²) >= 11 is 0. The van der Waals surface area contributed by atoms with Gasteiger partial charge in [0.15, 0.2) is 0 Å². The first-order valence-corrected chi connectivity index (χ1v) is 8.04. The van der Waals surface area contributed by atoms with Gasteiger partial charge in [0.25, 0.3) is 5.91 Å². The van der Waals surface area contributed by atoms with Crippen LogP contribution in [0.25, 0.3) is 0 Å². The number of benzene rings is 1. The molecule has 1 aromatic carbocycles. The third kappa shape index (κ3) is 5.12. The summed E-state index contributed by atoms with van der Waals surface area (Å²) in [5, 5.41) is 4.70. The summed E-state index contributed by atoms with van der Waals surface area (Å²) in [6, 6.07) is 5.79. The van der Waals surface area contributed by atoms with Crippen LogP contribution in [0.3, 0.4) is 0 Å². The summed E-state index contributed by atoms with van der Waals surface area (Å²) in [7, 11) is 2.93. The van der Waals surface area contributed by atoms with Crippen molar-refractivity contribution in [2.45, 2.75) is 12.7 Å². The van der Waals surface area contributed by atoms with Crippen molar-refractivity contribution in [3.05, 3.63) is 53.3 Å². The zero-order valence-corrected chi connectivity index (χ0v) is 15.1. The first-order valence-electron chi connectivity index (χ1n) is 8.04. The molecule has 0 atom stereocenters. The number of methoxy groups -OCH3 is 2. The lowest BCUT2D eigenvalue weighted by molar-refractivity contribution is -0.138. The number of nitrogens with zero attached hydrogens (tertiary/aromatic N) is 1. The number of halogens is 3. The van der Waals surface area contributed by atoms with Crippen LogP contribution < -0.4 is 20.1 Å². The van der Waals surface area contributed by atoms with Gasteiger partial charge in [-0.25, -0.2) is 0 Å². The van der Waals surface area contributed by atoms with E-state index in [0.717, 1.165) is 12.4 Å². The average Bonchev–Trinajstić information content (AvgIpc) is 2.69. The van der Waals surface area contributed by atoms with E-state index in [9.17, 15) is 22.8 Å². The number of aromatic nitrogens is 1. The molecule has 28 heavy (non-hydrogen) atoms. The van der Waals surface area contributed by atoms with Crippen molar-refractivity contribution in [2.24, 2.45) is 0 Å². The van der Waals surface area contributed by atoms with E-state index in [1.54, 1.807) is 18.2 Å². The predicted octanol–water partition coefficient (Wildman–Crippen LogP) is 2.16. The number of hydrogen-bond donors (Lipinski definition) is 2. The highest BCUT2D eigenvalue weighted by atomic mass is 19.4. The van der Waals surface area contributed by atoms with Crippen molar-refractivity contribution < 1.29 is 32.2 Å². The monoisotopic (exact) mass is 397 g/mol. The lowest BCUT2D eigenvalue weighted by atomic mass is 10.1. The number of hydrogen-bond acceptors (Lipinski definition) is 5. The van der Waals surface area contributed by atoms with Gasteiger partial charge < -0.3 is 20.1 Å². The van der Waals surface area contributed by atoms with Crippen LogP contribution in [0.15, 0.2) is 36.7 Å². The minimum atomic E-state index is -4.71. The molecule has 2 rings (SSSR count). The zero-order valence-electron chi connectivity index (χ0n) is 15.1. The van der Waals surface area contributed by atoms with Gasteiger partial charge in [-0.2, -0.15) is 13.2 Å². The van der Waals surface area contributed by atoms with Crippen molar-refractivity contribution in [1.29, 1.82) is 0 Å². The molecular formula is C18H18F3N3O4. The van der Waals surface area contributed by atoms with Crippen LogP contribution in [0.1, 0.15) is 21.5 Å². The zero-order chi connectivity index (χ0) is 20.7. The van der Waals surface area contributed by atoms with Crippen LogP contribution in [-0.2, 0) is 17.5 Å². The summed E-state index contributed by atoms with van der Waals surface area (Å²) in [4.78, 5) is 27.5. The molecule has 0 bridgehead atoms. The van der Waals surface area contributed by atoms with E-state index >= 15 is 0 Å². The summed E-state index contributed by atoms with van der Waals surface area (Å²) in [6.07, 6.45) is -2.97. The molecule has 0 saturated carbocycles. The molecule has 10 heteroatoms. The van der Waals surface area contributed by atoms with Crippen LogP contribution in [0.4, 0.5) is 13.2 Å². The fourth-order valence-corrected chi connectivity index (χ4v) is 2.43. The molecule has 0 fully saturated rings. The Hall–Kier alpha value is -3.30. The number of carbonyl (C=O) groups excluding carboxylic acids is 2. The van der Waals surface area contributed by atoms with Gasteiger partial charge in [-0.15, -0.1) is 0 Å². The van der Waals surface area contributed by atoms with Gasteiger partial charge in [0.1, 0.15) is 11.5 Å². The molecule has 0 aliphatic rings. The first kappa shape index (κ1) is 21.0. The average molecular weight is 397 g/mol. The third-order valence-corrected chi connectivity index (χ3v) is 3.77. The molecule has 0 aliphatic carbocycles. The number of alkyl halides is 3. The van der Waals surface area contributed by atoms with Gasteiger partial charge in [0.2, 0.25) is 5.91 Å². The number of pyridine rings is 1. The fraction of sp³-hybridized carbons (Fsp3) is 0.278. The van der Waals surface area contributed by atoms with Crippen molar-refractivity contribution in [1.82, 2.24) is 15.6 Å². The molecule has 7 nitrogen and oxygen atoms in total. The van der Waals surface area contributed by atoms with Crippen molar-refractivity contribution in [3.8, 4) is 11.5 Å². The Morgan fingerprint density at radius 3 is 2.29 bits per heavy atom. The largest absolute Gasteiger partial charge is 0.496 e. The Morgan fingerprint density at radius 2 is 1.71 bits per heavy atom. The molecule has 0 unspecified atom stereocenters. The number of nitrogens with one attached hydrogen (secondary N) is 2. The second-order valence-corrected chi connectivity index (χ2v) is 5.52. The topological polar surface area (TPSA) is 89.5 Å². The van der Waals surface area contributed by atoms with Gasteiger partial charge in [-0.3, -0.25) is 14.6 Å². The Bertz CT molecular complexity index is 834. The molecule has 2 aromatic rings. The van der Waals surface area contributed by atoms with Gasteiger partial charge in [-0.1, -0.05) is 6.07 Å². The van der Waals surface area contributed by atoms with E-state index in [0.29, 0.717) is 23.1 Å². The summed E-state index contributed by atoms with van der Waals surface area (Å²) in [6.45, 7) is -0.467. The van der Waals surface area contributed by atoms with E-state index in [1.165, 1.54) is 14.2 Å². The third-order valence-electron chi connectivity index (χ3n) is 3.77. The quantitative estimate of drug-likeness (QED) is 0.748. The minimum absolute atomic E-state index is 0.0442. The maximum atomic E-state index is 12.9. The van der Waals surface area contributed by atoms with Crippen LogP contribution in [-0.4, -0.2) is 37.6 Å². The molecule has 0 spiro atoms. The summed E-state index contributed by atoms with van der Waals surface area (Å²) < 4.78 is 49.3. The Labute approximate surface area is 158 Å². The molecule has 2 amide bonds. The van der Waals surface area contributed by atoms with E-state index in [2.05, 4.69) is 15.6 Å². The molecule has 0 aliphatic heterocycles. The highest BCUT2D eigenvalue weighted by molar-refractivity contribution is 5.97. The van der Waals surface area contributed by atoms with Gasteiger partial charge in [-0.05, 0) is 18.2 Å². The van der Waals surface area contributed by atoms with E-state index in [-0.39, 0.29) is 6.54 Å². The SMILES string of the molecule is COc1cccc(OC)c1CNC(=O)CNC(=O)c1cnccc1C(F)(F)F. The molecule has 1 heterocycles. The lowest BCUT2D eigenvalue weighted by Crippen LogP contribution is -2.37. The highest BCUT2D eigenvalue weighted by Crippen LogP contribution is 2.31. The van der Waals surface area contributed by atoms with Crippen LogP contribution in [0.5, 0.6) is 11.5 Å². The first-order chi connectivity index (χ1) is 13.3. The fourth-order valence-electron chi connectivity index (χ4n) is 2.43. The molecule has 1 aromatic heterocycles. The molecule has 0 saturated heterocycles. The van der Waals surface area contributed by atoms with Crippen LogP contribution in [0.2, 0.25) is 0 Å². The molecule has 0 radical (unpaired) electrons. The number of carbonyl (C=O) groups is 2. The maximum absolute atomic E-state index is 12.9. The molecule has 2 N–H and O–H groups in total. The smallest absolute Gasteiger partial charge is 0.417 e. The summed E-state index contributed by atoms with van der Waals surface area (Å²) in [5.74, 6) is -0.660. The Balaban J connectivity index is 1.98. The standard InChI is InChI=1S/C18H18F3N3O4/c1-27-14-4-3-5-15(28-2)12(14)9-23-16(25)10-24-17(26)11-8-22-7-6-13(11)18(19,20)21/h3-8H,9-10H2,1-2H3,(H,23,25)(H,24,26). The van der Waals surface area contributed by atoms with Crippen LogP contribution in [0, 0.1) is 0 Å². The number of rotatable bonds is 7. The van der Waals surface area contributed by atoms with Crippen molar-refractivity contribution >= 4 is 11.8 Å². The second-order valence-electron chi connectivity index (χ2n) is 5.52. The van der Waals surface area contributed by atoms with Gasteiger partial charge in [0, 0.05) is 12.4 Å². The predicted molar refractivity (Wildman–Crippen MR) is 93.0 cm³/mol. The maximum Gasteiger partial charge on any atom is 0.417 e. The normalized spacial score (nSPS) is 10.9. The molecule has 150 valence electrons. The van der Waals surface area contributed by atoms with E-state index in [4.69, 9.17) is 9.47 Å². The van der Waals surface area contributed by atoms with E-state index < -0.39 is 35.7 Å². The molecular weight excluding hydrogens is 379 g/mol. The van der Waals surface area contributed by atoms with Crippen LogP contribution >= 0.6 is 0 Å². The second kappa shape index (κ2) is 9.07. The Morgan fingerprint density at radius 1 is 1.07 bits per heavy atom. The lowest BCUT2D eigenvalue weighted by Gasteiger charge is -2.14. The van der Waals surface area contributed by atoms with Crippen molar-refractivity contribution in [2.75, 3.05) is 20.8 Å². The summed E-state index contributed by atoms with van der Waals surface area (Å²) in [5.41, 5.74) is -1.20. The minimum Gasteiger partial charge on any atom is -0.496 e. The van der Waals surface area contributed by atoms with Gasteiger partial charge >= 0.3 is 6.18 Å². The Kier molecular flexibility index (Phi) is 6.80. The van der Waals surface area contributed by atoms with Gasteiger partial charge in [0.05, 0.1) is 44.0 Å². The van der Waals surface area contributed by atoms with E-state index in [1.807, 2.05) is 0 Å². The van der Waals surface area contributed by atoms with Crippen molar-refractivity contribution in [3.63, 3.8) is 0 Å². The highest BCUT2D eigenvalue weighted by Gasteiger charge is 2.35. The number of ether oxygens (including phenoxy) is 2. The number of amides is 2.